The van der Waals surface area contributed by atoms with E-state index in [0.717, 1.165) is 10.5 Å². The van der Waals surface area contributed by atoms with Crippen molar-refractivity contribution in [2.45, 2.75) is 13.5 Å². The number of urea groups is 1. The van der Waals surface area contributed by atoms with E-state index in [-0.39, 0.29) is 18.1 Å². The van der Waals surface area contributed by atoms with Crippen LogP contribution in [0, 0.1) is 16.3 Å². The monoisotopic (exact) mass is 615 g/mol. The van der Waals surface area contributed by atoms with E-state index >= 15 is 0 Å². The fourth-order valence-corrected chi connectivity index (χ4v) is 4.39. The summed E-state index contributed by atoms with van der Waals surface area (Å²) in [7, 11) is 1.48. The van der Waals surface area contributed by atoms with Crippen molar-refractivity contribution in [3.05, 3.63) is 92.4 Å². The summed E-state index contributed by atoms with van der Waals surface area (Å²) in [6, 6.07) is 16.0. The summed E-state index contributed by atoms with van der Waals surface area (Å²) in [6.07, 6.45) is 1.50. The van der Waals surface area contributed by atoms with E-state index < -0.39 is 24.4 Å². The van der Waals surface area contributed by atoms with Gasteiger partial charge >= 0.3 is 6.03 Å². The minimum absolute atomic E-state index is 0.0272. The fourth-order valence-electron chi connectivity index (χ4n) is 3.61. The number of rotatable bonds is 8. The Labute approximate surface area is 226 Å². The van der Waals surface area contributed by atoms with Crippen molar-refractivity contribution in [2.24, 2.45) is 0 Å². The first kappa shape index (κ1) is 26.1. The Balaban J connectivity index is 1.46. The summed E-state index contributed by atoms with van der Waals surface area (Å²) in [5, 5.41) is 5.18. The Bertz CT molecular complexity index is 1390. The van der Waals surface area contributed by atoms with Gasteiger partial charge in [-0.25, -0.2) is 14.1 Å². The summed E-state index contributed by atoms with van der Waals surface area (Å²) < 4.78 is 25.5. The van der Waals surface area contributed by atoms with Gasteiger partial charge in [0.2, 0.25) is 5.91 Å². The van der Waals surface area contributed by atoms with E-state index in [1.807, 2.05) is 19.1 Å². The second-order valence-electron chi connectivity index (χ2n) is 8.25. The predicted octanol–water partition coefficient (Wildman–Crippen LogP) is 4.86. The Morgan fingerprint density at radius 2 is 1.89 bits per heavy atom. The highest BCUT2D eigenvalue weighted by atomic mass is 127. The lowest BCUT2D eigenvalue weighted by atomic mass is 10.1. The second kappa shape index (κ2) is 11.4. The van der Waals surface area contributed by atoms with Crippen LogP contribution in [0.15, 0.2) is 66.4 Å². The average molecular weight is 615 g/mol. The molecule has 4 rings (SSSR count). The van der Waals surface area contributed by atoms with Crippen molar-refractivity contribution < 1.29 is 28.2 Å². The highest BCUT2D eigenvalue weighted by molar-refractivity contribution is 14.1. The van der Waals surface area contributed by atoms with Gasteiger partial charge in [0, 0.05) is 5.69 Å². The number of methoxy groups -OCH3 is 1. The van der Waals surface area contributed by atoms with Gasteiger partial charge in [-0.1, -0.05) is 29.8 Å². The highest BCUT2D eigenvalue weighted by Gasteiger charge is 2.35. The van der Waals surface area contributed by atoms with Crippen LogP contribution in [0.5, 0.6) is 11.5 Å². The summed E-state index contributed by atoms with van der Waals surface area (Å²) >= 11 is 2.07. The van der Waals surface area contributed by atoms with Gasteiger partial charge in [-0.2, -0.15) is 0 Å². The molecule has 1 aliphatic heterocycles. The van der Waals surface area contributed by atoms with Gasteiger partial charge in [-0.15, -0.1) is 0 Å². The highest BCUT2D eigenvalue weighted by Crippen LogP contribution is 2.35. The lowest BCUT2D eigenvalue weighted by molar-refractivity contribution is -0.127. The van der Waals surface area contributed by atoms with E-state index in [2.05, 4.69) is 33.2 Å². The van der Waals surface area contributed by atoms with Gasteiger partial charge in [-0.05, 0) is 83.1 Å². The lowest BCUT2D eigenvalue weighted by Crippen LogP contribution is -2.38. The smallest absolute Gasteiger partial charge is 0.329 e. The van der Waals surface area contributed by atoms with Crippen molar-refractivity contribution in [1.29, 1.82) is 0 Å². The summed E-state index contributed by atoms with van der Waals surface area (Å²) in [4.78, 5) is 38.5. The molecule has 1 heterocycles. The first-order chi connectivity index (χ1) is 17.7. The molecule has 0 radical (unpaired) electrons. The molecule has 0 aliphatic carbocycles. The zero-order valence-electron chi connectivity index (χ0n) is 20.0. The number of nitrogens with zero attached hydrogens (tertiary/aromatic N) is 1. The third-order valence-electron chi connectivity index (χ3n) is 5.43. The van der Waals surface area contributed by atoms with Gasteiger partial charge in [0.1, 0.15) is 24.7 Å². The van der Waals surface area contributed by atoms with Gasteiger partial charge < -0.3 is 20.1 Å². The molecular formula is C27H23FIN3O5. The first-order valence-electron chi connectivity index (χ1n) is 11.2. The molecule has 37 heavy (non-hydrogen) atoms. The summed E-state index contributed by atoms with van der Waals surface area (Å²) in [6.45, 7) is 1.64. The van der Waals surface area contributed by atoms with Crippen molar-refractivity contribution >= 4 is 52.2 Å². The number of carbonyl (C=O) groups excluding carboxylic acids is 3. The van der Waals surface area contributed by atoms with Crippen LogP contribution >= 0.6 is 22.6 Å². The largest absolute Gasteiger partial charge is 0.493 e. The molecule has 0 bridgehead atoms. The van der Waals surface area contributed by atoms with Gasteiger partial charge in [0.05, 0.1) is 10.7 Å². The van der Waals surface area contributed by atoms with Crippen LogP contribution in [-0.2, 0) is 16.2 Å². The van der Waals surface area contributed by atoms with Gasteiger partial charge in [0.15, 0.2) is 11.5 Å². The normalized spacial score (nSPS) is 14.1. The van der Waals surface area contributed by atoms with Gasteiger partial charge in [0.25, 0.3) is 5.91 Å². The van der Waals surface area contributed by atoms with E-state index in [1.54, 1.807) is 36.4 Å². The van der Waals surface area contributed by atoms with Crippen LogP contribution in [0.4, 0.5) is 14.9 Å². The molecule has 2 N–H and O–H groups in total. The van der Waals surface area contributed by atoms with Crippen LogP contribution < -0.4 is 20.1 Å². The van der Waals surface area contributed by atoms with Crippen LogP contribution in [0.2, 0.25) is 0 Å². The molecule has 3 aromatic rings. The number of imide groups is 1. The number of carbonyl (C=O) groups is 3. The molecule has 0 atom stereocenters. The minimum atomic E-state index is -0.688. The van der Waals surface area contributed by atoms with Crippen LogP contribution in [-0.4, -0.2) is 36.4 Å². The second-order valence-corrected chi connectivity index (χ2v) is 9.41. The molecular weight excluding hydrogens is 592 g/mol. The standard InChI is InChI=1S/C27H23FIN3O5/c1-16-6-8-20(9-7-16)30-24(33)14-32-26(34)22(31-27(32)35)12-18-11-21(29)25(23(13-18)36-2)37-15-17-4-3-5-19(28)10-17/h3-13H,14-15H2,1-2H3,(H,30,33)(H,31,35)/b22-12+. The third kappa shape index (κ3) is 6.45. The number of nitrogens with one attached hydrogen (secondary N) is 2. The number of benzene rings is 3. The van der Waals surface area contributed by atoms with Crippen LogP contribution in [0.1, 0.15) is 16.7 Å². The van der Waals surface area contributed by atoms with Crippen molar-refractivity contribution in [1.82, 2.24) is 10.2 Å². The minimum Gasteiger partial charge on any atom is -0.493 e. The van der Waals surface area contributed by atoms with E-state index in [4.69, 9.17) is 9.47 Å². The number of aryl methyl sites for hydroxylation is 1. The molecule has 10 heteroatoms. The Morgan fingerprint density at radius 1 is 1.14 bits per heavy atom. The molecule has 0 unspecified atom stereocenters. The number of ether oxygens (including phenoxy) is 2. The number of hydrogen-bond acceptors (Lipinski definition) is 5. The number of halogens is 2. The molecule has 0 spiro atoms. The maximum atomic E-state index is 13.5. The molecule has 1 fully saturated rings. The molecule has 0 aromatic heterocycles. The topological polar surface area (TPSA) is 97.0 Å². The summed E-state index contributed by atoms with van der Waals surface area (Å²) in [5.74, 6) is -0.601. The lowest BCUT2D eigenvalue weighted by Gasteiger charge is -2.14. The third-order valence-corrected chi connectivity index (χ3v) is 6.24. The Morgan fingerprint density at radius 3 is 2.59 bits per heavy atom. The maximum absolute atomic E-state index is 13.5. The molecule has 190 valence electrons. The zero-order chi connectivity index (χ0) is 26.5. The zero-order valence-corrected chi connectivity index (χ0v) is 22.2. The quantitative estimate of drug-likeness (QED) is 0.215. The van der Waals surface area contributed by atoms with Crippen molar-refractivity contribution in [3.63, 3.8) is 0 Å². The van der Waals surface area contributed by atoms with Crippen LogP contribution in [0.3, 0.4) is 0 Å². The predicted molar refractivity (Wildman–Crippen MR) is 144 cm³/mol. The molecule has 1 saturated heterocycles. The number of anilines is 1. The molecule has 4 amide bonds. The molecule has 1 aliphatic rings. The Hall–Kier alpha value is -3.93. The molecule has 8 nitrogen and oxygen atoms in total. The summed E-state index contributed by atoms with van der Waals surface area (Å²) in [5.41, 5.74) is 2.88. The SMILES string of the molecule is COc1cc(/C=C2/NC(=O)N(CC(=O)Nc3ccc(C)cc3)C2=O)cc(I)c1OCc1cccc(F)c1. The average Bonchev–Trinajstić information content (AvgIpc) is 3.11. The van der Waals surface area contributed by atoms with Crippen molar-refractivity contribution in [2.75, 3.05) is 19.0 Å². The fraction of sp³-hybridized carbons (Fsp3) is 0.148. The first-order valence-corrected chi connectivity index (χ1v) is 12.3. The Kier molecular flexibility index (Phi) is 8.07. The van der Waals surface area contributed by atoms with E-state index in [9.17, 15) is 18.8 Å². The van der Waals surface area contributed by atoms with Gasteiger partial charge in [-0.3, -0.25) is 9.59 Å². The van der Waals surface area contributed by atoms with E-state index in [1.165, 1.54) is 25.3 Å². The van der Waals surface area contributed by atoms with E-state index in [0.29, 0.717) is 31.9 Å². The maximum Gasteiger partial charge on any atom is 0.329 e. The number of hydrogen-bond donors (Lipinski definition) is 2. The molecule has 3 aromatic carbocycles. The van der Waals surface area contributed by atoms with Crippen molar-refractivity contribution in [3.8, 4) is 11.5 Å². The number of amides is 4. The van der Waals surface area contributed by atoms with Crippen LogP contribution in [0.25, 0.3) is 6.08 Å². The molecule has 0 saturated carbocycles.